The Bertz CT molecular complexity index is 401. The van der Waals surface area contributed by atoms with Gasteiger partial charge in [-0.15, -0.1) is 0 Å². The van der Waals surface area contributed by atoms with Crippen LogP contribution in [0.5, 0.6) is 6.01 Å². The van der Waals surface area contributed by atoms with E-state index in [1.54, 1.807) is 7.11 Å². The van der Waals surface area contributed by atoms with Crippen molar-refractivity contribution in [2.45, 2.75) is 25.9 Å². The third kappa shape index (κ3) is 2.98. The van der Waals surface area contributed by atoms with Gasteiger partial charge in [-0.3, -0.25) is 0 Å². The van der Waals surface area contributed by atoms with Crippen LogP contribution in [0.3, 0.4) is 0 Å². The molecule has 0 aromatic carbocycles. The van der Waals surface area contributed by atoms with Crippen LogP contribution < -0.4 is 15.4 Å². The van der Waals surface area contributed by atoms with Crippen molar-refractivity contribution >= 4 is 11.9 Å². The first-order valence-corrected chi connectivity index (χ1v) is 6.15. The number of hydrogen-bond donors (Lipinski definition) is 1. The summed E-state index contributed by atoms with van der Waals surface area (Å²) in [6.07, 6.45) is 2.09. The summed E-state index contributed by atoms with van der Waals surface area (Å²) >= 11 is 0. The van der Waals surface area contributed by atoms with Crippen molar-refractivity contribution in [3.8, 4) is 6.01 Å². The van der Waals surface area contributed by atoms with Crippen molar-refractivity contribution < 1.29 is 9.47 Å². The quantitative estimate of drug-likeness (QED) is 0.816. The van der Waals surface area contributed by atoms with E-state index in [1.807, 2.05) is 11.8 Å². The molecule has 1 atom stereocenters. The predicted octanol–water partition coefficient (Wildman–Crippen LogP) is 0.468. The van der Waals surface area contributed by atoms with Crippen LogP contribution in [0.15, 0.2) is 0 Å². The van der Waals surface area contributed by atoms with Gasteiger partial charge in [0.15, 0.2) is 0 Å². The standard InChI is InChI=1S/C11H19N5O2/c1-3-6-18-11-14-9(12)13-10(15-11)16-5-4-8(7-16)17-2/h8H,3-7H2,1-2H3,(H2,12,13,14,15). The highest BCUT2D eigenvalue weighted by atomic mass is 16.5. The molecule has 0 spiro atoms. The van der Waals surface area contributed by atoms with Gasteiger partial charge in [-0.05, 0) is 12.8 Å². The van der Waals surface area contributed by atoms with Crippen molar-refractivity contribution in [3.63, 3.8) is 0 Å². The molecule has 1 unspecified atom stereocenters. The van der Waals surface area contributed by atoms with Crippen LogP contribution in [0, 0.1) is 0 Å². The summed E-state index contributed by atoms with van der Waals surface area (Å²) in [6.45, 7) is 4.22. The molecule has 100 valence electrons. The molecule has 0 aliphatic carbocycles. The largest absolute Gasteiger partial charge is 0.463 e. The van der Waals surface area contributed by atoms with E-state index in [2.05, 4.69) is 15.0 Å². The molecule has 1 aromatic heterocycles. The lowest BCUT2D eigenvalue weighted by molar-refractivity contribution is 0.121. The van der Waals surface area contributed by atoms with Crippen LogP contribution in [-0.2, 0) is 4.74 Å². The highest BCUT2D eigenvalue weighted by Crippen LogP contribution is 2.20. The molecule has 0 radical (unpaired) electrons. The van der Waals surface area contributed by atoms with Crippen molar-refractivity contribution in [3.05, 3.63) is 0 Å². The molecule has 2 N–H and O–H groups in total. The van der Waals surface area contributed by atoms with Gasteiger partial charge in [0.1, 0.15) is 0 Å². The van der Waals surface area contributed by atoms with Gasteiger partial charge in [0, 0.05) is 20.2 Å². The molecule has 1 aromatic rings. The third-order valence-corrected chi connectivity index (χ3v) is 2.82. The summed E-state index contributed by atoms with van der Waals surface area (Å²) in [7, 11) is 1.71. The first kappa shape index (κ1) is 12.8. The molecule has 0 saturated carbocycles. The second-order valence-electron chi connectivity index (χ2n) is 4.22. The maximum absolute atomic E-state index is 5.67. The Morgan fingerprint density at radius 1 is 1.39 bits per heavy atom. The van der Waals surface area contributed by atoms with E-state index in [9.17, 15) is 0 Å². The molecule has 0 amide bonds. The van der Waals surface area contributed by atoms with E-state index in [1.165, 1.54) is 0 Å². The molecule has 18 heavy (non-hydrogen) atoms. The van der Waals surface area contributed by atoms with Gasteiger partial charge in [-0.2, -0.15) is 15.0 Å². The Morgan fingerprint density at radius 3 is 2.89 bits per heavy atom. The third-order valence-electron chi connectivity index (χ3n) is 2.82. The van der Waals surface area contributed by atoms with Crippen molar-refractivity contribution in [1.82, 2.24) is 15.0 Å². The average Bonchev–Trinajstić information content (AvgIpc) is 2.84. The smallest absolute Gasteiger partial charge is 0.323 e. The summed E-state index contributed by atoms with van der Waals surface area (Å²) in [5.74, 6) is 0.750. The van der Waals surface area contributed by atoms with Crippen LogP contribution in [0.25, 0.3) is 0 Å². The van der Waals surface area contributed by atoms with Gasteiger partial charge < -0.3 is 20.1 Å². The summed E-state index contributed by atoms with van der Waals surface area (Å²) < 4.78 is 10.7. The zero-order valence-electron chi connectivity index (χ0n) is 10.8. The molecule has 1 saturated heterocycles. The summed E-state index contributed by atoms with van der Waals surface area (Å²) in [4.78, 5) is 14.4. The summed E-state index contributed by atoms with van der Waals surface area (Å²) in [5.41, 5.74) is 5.67. The minimum Gasteiger partial charge on any atom is -0.463 e. The fourth-order valence-corrected chi connectivity index (χ4v) is 1.86. The number of rotatable bonds is 5. The molecule has 0 bridgehead atoms. The zero-order valence-corrected chi connectivity index (χ0v) is 10.8. The normalized spacial score (nSPS) is 19.2. The van der Waals surface area contributed by atoms with E-state index in [0.29, 0.717) is 18.6 Å². The molecule has 2 heterocycles. The van der Waals surface area contributed by atoms with Crippen LogP contribution in [0.1, 0.15) is 19.8 Å². The molecule has 7 heteroatoms. The second-order valence-corrected chi connectivity index (χ2v) is 4.22. The Morgan fingerprint density at radius 2 is 2.22 bits per heavy atom. The lowest BCUT2D eigenvalue weighted by Crippen LogP contribution is -2.25. The number of nitrogen functional groups attached to an aromatic ring is 1. The van der Waals surface area contributed by atoms with Crippen LogP contribution in [0.4, 0.5) is 11.9 Å². The predicted molar refractivity (Wildman–Crippen MR) is 67.7 cm³/mol. The lowest BCUT2D eigenvalue weighted by atomic mass is 10.3. The van der Waals surface area contributed by atoms with Gasteiger partial charge in [0.25, 0.3) is 0 Å². The van der Waals surface area contributed by atoms with Gasteiger partial charge in [0.2, 0.25) is 11.9 Å². The van der Waals surface area contributed by atoms with Gasteiger partial charge in [-0.25, -0.2) is 0 Å². The summed E-state index contributed by atoms with van der Waals surface area (Å²) in [6, 6.07) is 0.292. The minimum absolute atomic E-state index is 0.187. The van der Waals surface area contributed by atoms with Crippen LogP contribution >= 0.6 is 0 Å². The Labute approximate surface area is 106 Å². The number of ether oxygens (including phenoxy) is 2. The number of aromatic nitrogens is 3. The van der Waals surface area contributed by atoms with E-state index in [4.69, 9.17) is 15.2 Å². The lowest BCUT2D eigenvalue weighted by Gasteiger charge is -2.16. The first-order chi connectivity index (χ1) is 8.72. The molecule has 1 aliphatic rings. The minimum atomic E-state index is 0.187. The van der Waals surface area contributed by atoms with Crippen molar-refractivity contribution in [2.75, 3.05) is 37.4 Å². The Kier molecular flexibility index (Phi) is 4.14. The fourth-order valence-electron chi connectivity index (χ4n) is 1.86. The molecule has 1 aliphatic heterocycles. The maximum atomic E-state index is 5.67. The Balaban J connectivity index is 2.10. The highest BCUT2D eigenvalue weighted by Gasteiger charge is 2.25. The molecular weight excluding hydrogens is 234 g/mol. The fraction of sp³-hybridized carbons (Fsp3) is 0.727. The highest BCUT2D eigenvalue weighted by molar-refractivity contribution is 5.37. The molecule has 1 fully saturated rings. The summed E-state index contributed by atoms with van der Waals surface area (Å²) in [5, 5.41) is 0. The van der Waals surface area contributed by atoms with Crippen molar-refractivity contribution in [2.24, 2.45) is 0 Å². The van der Waals surface area contributed by atoms with Crippen LogP contribution in [-0.4, -0.2) is 47.9 Å². The van der Waals surface area contributed by atoms with E-state index >= 15 is 0 Å². The second kappa shape index (κ2) is 5.81. The molecular formula is C11H19N5O2. The Hall–Kier alpha value is -1.63. The van der Waals surface area contributed by atoms with Gasteiger partial charge in [-0.1, -0.05) is 6.92 Å². The van der Waals surface area contributed by atoms with Crippen molar-refractivity contribution in [1.29, 1.82) is 0 Å². The number of nitrogens with two attached hydrogens (primary N) is 1. The molecule has 2 rings (SSSR count). The van der Waals surface area contributed by atoms with E-state index in [0.717, 1.165) is 25.9 Å². The first-order valence-electron chi connectivity index (χ1n) is 6.15. The van der Waals surface area contributed by atoms with Gasteiger partial charge >= 0.3 is 6.01 Å². The topological polar surface area (TPSA) is 86.4 Å². The SMILES string of the molecule is CCCOc1nc(N)nc(N2CCC(OC)C2)n1. The zero-order chi connectivity index (χ0) is 13.0. The number of methoxy groups -OCH3 is 1. The number of nitrogens with zero attached hydrogens (tertiary/aromatic N) is 4. The maximum Gasteiger partial charge on any atom is 0.323 e. The van der Waals surface area contributed by atoms with Gasteiger partial charge in [0.05, 0.1) is 12.7 Å². The number of hydrogen-bond acceptors (Lipinski definition) is 7. The van der Waals surface area contributed by atoms with Crippen LogP contribution in [0.2, 0.25) is 0 Å². The number of anilines is 2. The molecule has 7 nitrogen and oxygen atoms in total. The average molecular weight is 253 g/mol. The van der Waals surface area contributed by atoms with E-state index in [-0.39, 0.29) is 12.1 Å². The monoisotopic (exact) mass is 253 g/mol. The van der Waals surface area contributed by atoms with E-state index < -0.39 is 0 Å².